The fraction of sp³-hybridized carbons (Fsp3) is 0.907. The zero-order chi connectivity index (χ0) is 58.5. The molecular weight excluding hydrogens is 997 g/mol. The Morgan fingerprint density at radius 1 is 0.235 bits per heavy atom. The van der Waals surface area contributed by atoms with E-state index >= 15 is 0 Å². The average molecular weight is 1140 g/mol. The molecule has 478 valence electrons. The molecule has 0 fully saturated rings. The molecule has 0 aliphatic carbocycles. The second kappa shape index (κ2) is 70.4. The predicted octanol–water partition coefficient (Wildman–Crippen LogP) is 25.3. The Morgan fingerprint density at radius 2 is 0.407 bits per heavy atom. The van der Waals surface area contributed by atoms with Crippen LogP contribution < -0.4 is 0 Å². The highest BCUT2D eigenvalue weighted by atomic mass is 16.6. The predicted molar refractivity (Wildman–Crippen MR) is 353 cm³/mol. The number of carbonyl (C=O) groups is 3. The summed E-state index contributed by atoms with van der Waals surface area (Å²) < 4.78 is 17.0. The van der Waals surface area contributed by atoms with Crippen LogP contribution in [0, 0.1) is 0 Å². The van der Waals surface area contributed by atoms with Gasteiger partial charge >= 0.3 is 17.9 Å². The third-order valence-electron chi connectivity index (χ3n) is 16.9. The van der Waals surface area contributed by atoms with Gasteiger partial charge in [-0.2, -0.15) is 0 Å². The highest BCUT2D eigenvalue weighted by Crippen LogP contribution is 2.19. The molecule has 0 aliphatic rings. The lowest BCUT2D eigenvalue weighted by atomic mass is 10.0. The van der Waals surface area contributed by atoms with Crippen LogP contribution in [0.1, 0.15) is 419 Å². The maximum Gasteiger partial charge on any atom is 0.306 e. The lowest BCUT2D eigenvalue weighted by molar-refractivity contribution is -0.167. The number of rotatable bonds is 69. The van der Waals surface area contributed by atoms with Crippen LogP contribution in [0.4, 0.5) is 0 Å². The van der Waals surface area contributed by atoms with Crippen molar-refractivity contribution < 1.29 is 28.6 Å². The van der Waals surface area contributed by atoms with Crippen LogP contribution in [-0.4, -0.2) is 37.2 Å². The summed E-state index contributed by atoms with van der Waals surface area (Å²) in [4.78, 5) is 38.4. The fourth-order valence-electron chi connectivity index (χ4n) is 11.4. The zero-order valence-electron chi connectivity index (χ0n) is 55.1. The van der Waals surface area contributed by atoms with Crippen molar-refractivity contribution in [3.8, 4) is 0 Å². The molecule has 81 heavy (non-hydrogen) atoms. The van der Waals surface area contributed by atoms with Crippen molar-refractivity contribution in [3.63, 3.8) is 0 Å². The molecule has 0 bridgehead atoms. The molecule has 0 N–H and O–H groups in total. The Labute approximate surface area is 506 Å². The van der Waals surface area contributed by atoms with Gasteiger partial charge in [-0.1, -0.05) is 353 Å². The summed E-state index contributed by atoms with van der Waals surface area (Å²) in [5.74, 6) is -0.846. The SMILES string of the molecule is CCCCC/C=C\CCCCCCCC(=O)OCC(COC(=O)CCCCCCCCCCCCCCCCCCCCCCCCCCCC)OC(=O)CCCCCCCCCCCCCCC/C=C\CCCCCCCCCC. The van der Waals surface area contributed by atoms with Crippen molar-refractivity contribution in [2.24, 2.45) is 0 Å². The molecule has 0 saturated carbocycles. The van der Waals surface area contributed by atoms with Gasteiger partial charge in [-0.15, -0.1) is 0 Å². The number of ether oxygens (including phenoxy) is 3. The van der Waals surface area contributed by atoms with Crippen LogP contribution in [-0.2, 0) is 28.6 Å². The first kappa shape index (κ1) is 78.9. The van der Waals surface area contributed by atoms with E-state index in [-0.39, 0.29) is 31.1 Å². The molecule has 0 aromatic rings. The average Bonchev–Trinajstić information content (AvgIpc) is 3.47. The normalized spacial score (nSPS) is 12.1. The highest BCUT2D eigenvalue weighted by Gasteiger charge is 2.20. The number of esters is 3. The third-order valence-corrected chi connectivity index (χ3v) is 16.9. The van der Waals surface area contributed by atoms with Gasteiger partial charge in [0.25, 0.3) is 0 Å². The van der Waals surface area contributed by atoms with E-state index in [4.69, 9.17) is 14.2 Å². The van der Waals surface area contributed by atoms with Gasteiger partial charge in [0.05, 0.1) is 0 Å². The van der Waals surface area contributed by atoms with E-state index in [0.29, 0.717) is 19.3 Å². The molecule has 0 rings (SSSR count). The molecular formula is C75H142O6. The molecule has 0 heterocycles. The summed E-state index contributed by atoms with van der Waals surface area (Å²) in [6.45, 7) is 6.69. The van der Waals surface area contributed by atoms with Crippen LogP contribution >= 0.6 is 0 Å². The second-order valence-corrected chi connectivity index (χ2v) is 25.2. The number of hydrogen-bond donors (Lipinski definition) is 0. The summed E-state index contributed by atoms with van der Waals surface area (Å²) in [5, 5.41) is 0. The van der Waals surface area contributed by atoms with Gasteiger partial charge in [-0.05, 0) is 70.6 Å². The minimum Gasteiger partial charge on any atom is -0.462 e. The minimum absolute atomic E-state index is 0.0680. The molecule has 0 aromatic carbocycles. The quantitative estimate of drug-likeness (QED) is 0.0261. The van der Waals surface area contributed by atoms with Crippen molar-refractivity contribution in [2.75, 3.05) is 13.2 Å². The first-order valence-corrected chi connectivity index (χ1v) is 36.8. The summed E-state index contributed by atoms with van der Waals surface area (Å²) in [7, 11) is 0. The highest BCUT2D eigenvalue weighted by molar-refractivity contribution is 5.71. The van der Waals surface area contributed by atoms with Crippen LogP contribution in [0.3, 0.4) is 0 Å². The Balaban J connectivity index is 4.17. The Kier molecular flexibility index (Phi) is 68.5. The third kappa shape index (κ3) is 68.6. The zero-order valence-corrected chi connectivity index (χ0v) is 55.1. The van der Waals surface area contributed by atoms with E-state index in [0.717, 1.165) is 64.2 Å². The number of unbranched alkanes of at least 4 members (excludes halogenated alkanes) is 54. The Hall–Kier alpha value is -2.11. The lowest BCUT2D eigenvalue weighted by Crippen LogP contribution is -2.30. The van der Waals surface area contributed by atoms with Gasteiger partial charge in [0, 0.05) is 19.3 Å². The topological polar surface area (TPSA) is 78.9 Å². The van der Waals surface area contributed by atoms with Crippen LogP contribution in [0.15, 0.2) is 24.3 Å². The summed E-state index contributed by atoms with van der Waals surface area (Å²) in [6, 6.07) is 0. The van der Waals surface area contributed by atoms with Gasteiger partial charge in [0.1, 0.15) is 13.2 Å². The van der Waals surface area contributed by atoms with Crippen LogP contribution in [0.5, 0.6) is 0 Å². The molecule has 0 aliphatic heterocycles. The lowest BCUT2D eigenvalue weighted by Gasteiger charge is -2.18. The van der Waals surface area contributed by atoms with E-state index in [1.807, 2.05) is 0 Å². The monoisotopic (exact) mass is 1140 g/mol. The summed E-state index contributed by atoms with van der Waals surface area (Å²) >= 11 is 0. The van der Waals surface area contributed by atoms with Crippen molar-refractivity contribution in [2.45, 2.75) is 425 Å². The minimum atomic E-state index is -0.772. The fourth-order valence-corrected chi connectivity index (χ4v) is 11.4. The van der Waals surface area contributed by atoms with Gasteiger partial charge in [0.15, 0.2) is 6.10 Å². The van der Waals surface area contributed by atoms with E-state index in [1.165, 1.54) is 315 Å². The van der Waals surface area contributed by atoms with Gasteiger partial charge < -0.3 is 14.2 Å². The van der Waals surface area contributed by atoms with E-state index in [2.05, 4.69) is 45.1 Å². The first-order valence-electron chi connectivity index (χ1n) is 36.8. The number of carbonyl (C=O) groups excluding carboxylic acids is 3. The van der Waals surface area contributed by atoms with Crippen molar-refractivity contribution in [1.82, 2.24) is 0 Å². The van der Waals surface area contributed by atoms with Crippen molar-refractivity contribution in [3.05, 3.63) is 24.3 Å². The van der Waals surface area contributed by atoms with Crippen LogP contribution in [0.2, 0.25) is 0 Å². The smallest absolute Gasteiger partial charge is 0.306 e. The summed E-state index contributed by atoms with van der Waals surface area (Å²) in [6.07, 6.45) is 86.6. The number of hydrogen-bond acceptors (Lipinski definition) is 6. The van der Waals surface area contributed by atoms with Gasteiger partial charge in [-0.25, -0.2) is 0 Å². The Morgan fingerprint density at radius 3 is 0.642 bits per heavy atom. The largest absolute Gasteiger partial charge is 0.462 e. The van der Waals surface area contributed by atoms with E-state index in [9.17, 15) is 14.4 Å². The molecule has 6 heteroatoms. The first-order chi connectivity index (χ1) is 40.0. The van der Waals surface area contributed by atoms with E-state index in [1.54, 1.807) is 0 Å². The molecule has 0 spiro atoms. The second-order valence-electron chi connectivity index (χ2n) is 25.2. The van der Waals surface area contributed by atoms with Crippen molar-refractivity contribution in [1.29, 1.82) is 0 Å². The molecule has 1 unspecified atom stereocenters. The maximum atomic E-state index is 13.0. The Bertz CT molecular complexity index is 1310. The molecule has 1 atom stereocenters. The van der Waals surface area contributed by atoms with Gasteiger partial charge in [0.2, 0.25) is 0 Å². The maximum absolute atomic E-state index is 13.0. The molecule has 0 amide bonds. The van der Waals surface area contributed by atoms with E-state index < -0.39 is 6.10 Å². The molecule has 6 nitrogen and oxygen atoms in total. The molecule has 0 radical (unpaired) electrons. The van der Waals surface area contributed by atoms with Crippen LogP contribution in [0.25, 0.3) is 0 Å². The standard InChI is InChI=1S/C75H142O6/c1-4-7-10-13-16-19-22-25-27-29-31-33-35-37-39-40-42-44-46-48-50-53-56-59-62-65-68-74(77)80-71-72(70-79-73(76)67-64-61-58-55-52-24-21-18-15-12-9-6-3)81-75(78)69-66-63-60-57-54-51-49-47-45-43-41-38-36-34-32-30-28-26-23-20-17-14-11-8-5-2/h18,21,30,32,72H,4-17,19-20,22-29,31,33-71H2,1-3H3/b21-18-,32-30-. The van der Waals surface area contributed by atoms with Crippen molar-refractivity contribution >= 4 is 17.9 Å². The van der Waals surface area contributed by atoms with Gasteiger partial charge in [-0.3, -0.25) is 14.4 Å². The summed E-state index contributed by atoms with van der Waals surface area (Å²) in [5.41, 5.74) is 0. The molecule has 0 saturated heterocycles. The number of allylic oxidation sites excluding steroid dienone is 4. The molecule has 0 aromatic heterocycles.